The fraction of sp³-hybridized carbons (Fsp3) is 0.643. The summed E-state index contributed by atoms with van der Waals surface area (Å²) in [6, 6.07) is 0. The van der Waals surface area contributed by atoms with Gasteiger partial charge in [-0.3, -0.25) is 4.79 Å². The SMILES string of the molecule is C#C.C#CC1(O)CCCC1.O=C1CCCC1.[Mg]. The van der Waals surface area contributed by atoms with E-state index in [1.165, 1.54) is 0 Å². The number of Topliss-reactive ketones (excluding diaryl/α,β-unsaturated/α-hetero) is 1. The van der Waals surface area contributed by atoms with Crippen LogP contribution in [0.1, 0.15) is 51.4 Å². The van der Waals surface area contributed by atoms with Gasteiger partial charge in [-0.05, 0) is 38.5 Å². The van der Waals surface area contributed by atoms with Gasteiger partial charge in [-0.1, -0.05) is 5.92 Å². The smallest absolute Gasteiger partial charge is 0.132 e. The van der Waals surface area contributed by atoms with Gasteiger partial charge in [0.25, 0.3) is 0 Å². The van der Waals surface area contributed by atoms with Gasteiger partial charge in [-0.25, -0.2) is 0 Å². The van der Waals surface area contributed by atoms with Gasteiger partial charge in [0, 0.05) is 35.9 Å². The molecule has 3 heteroatoms. The molecular formula is C14H20MgO2. The molecule has 0 atom stereocenters. The first-order valence-electron chi connectivity index (χ1n) is 5.71. The van der Waals surface area contributed by atoms with Crippen molar-refractivity contribution in [3.05, 3.63) is 0 Å². The average molecular weight is 245 g/mol. The summed E-state index contributed by atoms with van der Waals surface area (Å²) < 4.78 is 0. The minimum absolute atomic E-state index is 0. The van der Waals surface area contributed by atoms with Gasteiger partial charge in [0.05, 0.1) is 0 Å². The van der Waals surface area contributed by atoms with Crippen LogP contribution < -0.4 is 0 Å². The van der Waals surface area contributed by atoms with Gasteiger partial charge >= 0.3 is 0 Å². The van der Waals surface area contributed by atoms with Crippen molar-refractivity contribution in [2.75, 3.05) is 0 Å². The van der Waals surface area contributed by atoms with Gasteiger partial charge in [-0.2, -0.15) is 0 Å². The molecule has 17 heavy (non-hydrogen) atoms. The largest absolute Gasteiger partial charge is 0.378 e. The summed E-state index contributed by atoms with van der Waals surface area (Å²) >= 11 is 0. The molecule has 0 spiro atoms. The third-order valence-corrected chi connectivity index (χ3v) is 2.86. The Balaban J connectivity index is 0. The molecule has 0 amide bonds. The highest BCUT2D eigenvalue weighted by Gasteiger charge is 2.27. The van der Waals surface area contributed by atoms with E-state index in [0.29, 0.717) is 5.78 Å². The number of carbonyl (C=O) groups excluding carboxylic acids is 1. The molecule has 90 valence electrons. The number of hydrogen-bond donors (Lipinski definition) is 1. The summed E-state index contributed by atoms with van der Waals surface area (Å²) in [5.74, 6) is 2.85. The summed E-state index contributed by atoms with van der Waals surface area (Å²) in [7, 11) is 0. The van der Waals surface area contributed by atoms with Crippen molar-refractivity contribution >= 4 is 28.8 Å². The Kier molecular flexibility index (Phi) is 11.8. The molecule has 2 saturated carbocycles. The fourth-order valence-electron chi connectivity index (χ4n) is 1.87. The van der Waals surface area contributed by atoms with Crippen LogP contribution in [0.5, 0.6) is 0 Å². The number of carbonyl (C=O) groups is 1. The number of hydrogen-bond acceptors (Lipinski definition) is 2. The summed E-state index contributed by atoms with van der Waals surface area (Å²) in [6.07, 6.45) is 20.8. The molecule has 0 aliphatic heterocycles. The normalized spacial score (nSPS) is 19.8. The maximum absolute atomic E-state index is 10.2. The van der Waals surface area contributed by atoms with E-state index < -0.39 is 5.60 Å². The molecule has 2 nitrogen and oxygen atoms in total. The standard InChI is InChI=1S/C7H10O.C5H8O.C2H2.Mg/c1-2-7(8)5-3-4-6-7;6-5-3-1-2-4-5;1-2;/h1,8H,3-6H2;1-4H2;1-2H;. The molecule has 0 bridgehead atoms. The lowest BCUT2D eigenvalue weighted by Crippen LogP contribution is -2.20. The van der Waals surface area contributed by atoms with Crippen molar-refractivity contribution in [1.29, 1.82) is 0 Å². The van der Waals surface area contributed by atoms with Crippen molar-refractivity contribution in [2.45, 2.75) is 57.0 Å². The second-order valence-corrected chi connectivity index (χ2v) is 4.13. The topological polar surface area (TPSA) is 37.3 Å². The Morgan fingerprint density at radius 3 is 1.65 bits per heavy atom. The molecule has 2 aliphatic carbocycles. The molecule has 2 fully saturated rings. The monoisotopic (exact) mass is 244 g/mol. The summed E-state index contributed by atoms with van der Waals surface area (Å²) in [4.78, 5) is 10.2. The van der Waals surface area contributed by atoms with Crippen LogP contribution in [0.2, 0.25) is 0 Å². The average Bonchev–Trinajstić information content (AvgIpc) is 2.94. The number of rotatable bonds is 0. The van der Waals surface area contributed by atoms with Crippen LogP contribution in [0.15, 0.2) is 0 Å². The van der Waals surface area contributed by atoms with Gasteiger partial charge in [0.15, 0.2) is 0 Å². The van der Waals surface area contributed by atoms with E-state index in [1.54, 1.807) is 0 Å². The van der Waals surface area contributed by atoms with Crippen LogP contribution >= 0.6 is 0 Å². The zero-order valence-corrected chi connectivity index (χ0v) is 11.9. The molecule has 2 radical (unpaired) electrons. The molecule has 0 aromatic carbocycles. The van der Waals surface area contributed by atoms with Gasteiger partial charge < -0.3 is 5.11 Å². The second-order valence-electron chi connectivity index (χ2n) is 4.13. The Labute approximate surface area is 121 Å². The van der Waals surface area contributed by atoms with Gasteiger partial charge in [-0.15, -0.1) is 19.3 Å². The third kappa shape index (κ3) is 8.27. The number of aliphatic hydroxyl groups is 1. The molecular weight excluding hydrogens is 224 g/mol. The minimum atomic E-state index is -0.736. The summed E-state index contributed by atoms with van der Waals surface area (Å²) in [6.45, 7) is 0. The number of ketones is 1. The van der Waals surface area contributed by atoms with Gasteiger partial charge in [0.2, 0.25) is 0 Å². The highest BCUT2D eigenvalue weighted by Crippen LogP contribution is 2.27. The quantitative estimate of drug-likeness (QED) is 0.522. The maximum atomic E-state index is 10.2. The van der Waals surface area contributed by atoms with Gasteiger partial charge in [0.1, 0.15) is 11.4 Å². The van der Waals surface area contributed by atoms with Crippen molar-refractivity contribution in [2.24, 2.45) is 0 Å². The first-order valence-corrected chi connectivity index (χ1v) is 5.71. The number of terminal acetylenes is 2. The van der Waals surface area contributed by atoms with Crippen molar-refractivity contribution in [3.8, 4) is 25.2 Å². The summed E-state index contributed by atoms with van der Waals surface area (Å²) in [5, 5.41) is 9.26. The van der Waals surface area contributed by atoms with Crippen molar-refractivity contribution < 1.29 is 9.90 Å². The Hall–Kier alpha value is -0.484. The van der Waals surface area contributed by atoms with Crippen LogP contribution in [-0.2, 0) is 4.79 Å². The molecule has 0 heterocycles. The van der Waals surface area contributed by atoms with E-state index >= 15 is 0 Å². The fourth-order valence-corrected chi connectivity index (χ4v) is 1.87. The first-order chi connectivity index (χ1) is 7.66. The second kappa shape index (κ2) is 10.7. The zero-order chi connectivity index (χ0) is 12.4. The van der Waals surface area contributed by atoms with Crippen molar-refractivity contribution in [3.63, 3.8) is 0 Å². The molecule has 2 aliphatic rings. The lowest BCUT2D eigenvalue weighted by molar-refractivity contribution is -0.117. The highest BCUT2D eigenvalue weighted by atomic mass is 24.3. The summed E-state index contributed by atoms with van der Waals surface area (Å²) in [5.41, 5.74) is -0.736. The molecule has 2 rings (SSSR count). The van der Waals surface area contributed by atoms with E-state index in [-0.39, 0.29) is 23.1 Å². The predicted molar refractivity (Wildman–Crippen MR) is 71.4 cm³/mol. The van der Waals surface area contributed by atoms with Crippen LogP contribution in [0.25, 0.3) is 0 Å². The van der Waals surface area contributed by atoms with Crippen LogP contribution in [0.4, 0.5) is 0 Å². The van der Waals surface area contributed by atoms with Crippen LogP contribution in [0.3, 0.4) is 0 Å². The van der Waals surface area contributed by atoms with E-state index in [4.69, 9.17) is 6.42 Å². The zero-order valence-electron chi connectivity index (χ0n) is 10.5. The first kappa shape index (κ1) is 18.9. The highest BCUT2D eigenvalue weighted by molar-refractivity contribution is 5.80. The Morgan fingerprint density at radius 1 is 1.06 bits per heavy atom. The predicted octanol–water partition coefficient (Wildman–Crippen LogP) is 1.92. The lowest BCUT2D eigenvalue weighted by atomic mass is 10.1. The lowest BCUT2D eigenvalue weighted by Gasteiger charge is -2.11. The molecule has 0 saturated heterocycles. The molecule has 1 N–H and O–H groups in total. The van der Waals surface area contributed by atoms with Crippen LogP contribution in [-0.4, -0.2) is 39.5 Å². The minimum Gasteiger partial charge on any atom is -0.378 e. The van der Waals surface area contributed by atoms with Crippen molar-refractivity contribution in [1.82, 2.24) is 0 Å². The van der Waals surface area contributed by atoms with E-state index in [2.05, 4.69) is 18.8 Å². The van der Waals surface area contributed by atoms with E-state index in [1.807, 2.05) is 0 Å². The Morgan fingerprint density at radius 2 is 1.47 bits per heavy atom. The maximum Gasteiger partial charge on any atom is 0.132 e. The van der Waals surface area contributed by atoms with Crippen LogP contribution in [0, 0.1) is 25.2 Å². The molecule has 0 unspecified atom stereocenters. The Bertz CT molecular complexity index is 262. The van der Waals surface area contributed by atoms with E-state index in [9.17, 15) is 9.90 Å². The molecule has 0 aromatic rings. The van der Waals surface area contributed by atoms with E-state index in [0.717, 1.165) is 51.4 Å². The third-order valence-electron chi connectivity index (χ3n) is 2.86. The molecule has 0 aromatic heterocycles.